The number of thiazole rings is 1. The van der Waals surface area contributed by atoms with E-state index in [-0.39, 0.29) is 16.9 Å². The highest BCUT2D eigenvalue weighted by molar-refractivity contribution is 9.10. The summed E-state index contributed by atoms with van der Waals surface area (Å²) in [6.45, 7) is 6.48. The van der Waals surface area contributed by atoms with Crippen LogP contribution >= 0.6 is 27.3 Å². The first kappa shape index (κ1) is 20.1. The van der Waals surface area contributed by atoms with Gasteiger partial charge in [-0.2, -0.15) is 9.50 Å². The normalized spacial score (nSPS) is 15.8. The average molecular weight is 495 g/mol. The van der Waals surface area contributed by atoms with Gasteiger partial charge < -0.3 is 4.90 Å². The van der Waals surface area contributed by atoms with E-state index in [0.717, 1.165) is 21.3 Å². The molecule has 3 heterocycles. The minimum Gasteiger partial charge on any atom is -0.311 e. The number of hydrogen-bond donors (Lipinski definition) is 0. The Morgan fingerprint density at radius 3 is 2.39 bits per heavy atom. The molecule has 5 rings (SSSR count). The van der Waals surface area contributed by atoms with E-state index in [4.69, 9.17) is 0 Å². The van der Waals surface area contributed by atoms with Gasteiger partial charge in [-0.3, -0.25) is 9.59 Å². The molecule has 0 spiro atoms. The molecule has 0 saturated heterocycles. The Morgan fingerprint density at radius 2 is 1.74 bits per heavy atom. The minimum atomic E-state index is -0.324. The van der Waals surface area contributed by atoms with Gasteiger partial charge in [0.15, 0.2) is 5.82 Å². The van der Waals surface area contributed by atoms with Gasteiger partial charge in [-0.15, -0.1) is 5.10 Å². The molecule has 8 heteroatoms. The van der Waals surface area contributed by atoms with Gasteiger partial charge in [0.25, 0.3) is 11.5 Å². The molecule has 6 nitrogen and oxygen atoms in total. The first-order chi connectivity index (χ1) is 14.6. The molecule has 0 saturated carbocycles. The lowest BCUT2D eigenvalue weighted by molar-refractivity contribution is -0.112. The van der Waals surface area contributed by atoms with Crippen molar-refractivity contribution in [3.63, 3.8) is 0 Å². The van der Waals surface area contributed by atoms with Crippen molar-refractivity contribution >= 4 is 49.4 Å². The predicted octanol–water partition coefficient (Wildman–Crippen LogP) is 3.77. The highest BCUT2D eigenvalue weighted by Crippen LogP contribution is 2.36. The lowest BCUT2D eigenvalue weighted by atomic mass is 9.87. The van der Waals surface area contributed by atoms with E-state index < -0.39 is 0 Å². The second-order valence-corrected chi connectivity index (χ2v) is 10.5. The van der Waals surface area contributed by atoms with Crippen LogP contribution in [0, 0.1) is 0 Å². The molecule has 0 N–H and O–H groups in total. The molecule has 1 aliphatic rings. The summed E-state index contributed by atoms with van der Waals surface area (Å²) in [4.78, 5) is 32.7. The third kappa shape index (κ3) is 3.13. The third-order valence-electron chi connectivity index (χ3n) is 5.50. The summed E-state index contributed by atoms with van der Waals surface area (Å²) in [5, 5.41) is 4.44. The molecule has 1 aliphatic heterocycles. The summed E-state index contributed by atoms with van der Waals surface area (Å²) in [6, 6.07) is 13.7. The van der Waals surface area contributed by atoms with Gasteiger partial charge in [-0.1, -0.05) is 72.3 Å². The van der Waals surface area contributed by atoms with Gasteiger partial charge in [-0.25, -0.2) is 0 Å². The lowest BCUT2D eigenvalue weighted by Crippen LogP contribution is -2.30. The molecule has 0 radical (unpaired) electrons. The Morgan fingerprint density at radius 1 is 1.03 bits per heavy atom. The van der Waals surface area contributed by atoms with Gasteiger partial charge >= 0.3 is 0 Å². The first-order valence-electron chi connectivity index (χ1n) is 9.78. The second-order valence-electron chi connectivity index (χ2n) is 8.59. The van der Waals surface area contributed by atoms with Crippen LogP contribution in [0.15, 0.2) is 51.7 Å². The van der Waals surface area contributed by atoms with Crippen LogP contribution in [0.4, 0.5) is 5.69 Å². The SMILES string of the molecule is CN1C(=O)/C(=c2\sc3nc(-c4ccc(C(C)(C)C)cc4)nn3c2=O)c2cc(Br)ccc21. The van der Waals surface area contributed by atoms with Crippen molar-refractivity contribution in [1.29, 1.82) is 0 Å². The number of likely N-dealkylation sites (N-methyl/N-ethyl adjacent to an activating group) is 1. The number of hydrogen-bond acceptors (Lipinski definition) is 5. The number of nitrogens with zero attached hydrogens (tertiary/aromatic N) is 4. The molecule has 2 aromatic heterocycles. The average Bonchev–Trinajstić information content (AvgIpc) is 3.34. The highest BCUT2D eigenvalue weighted by Gasteiger charge is 2.32. The van der Waals surface area contributed by atoms with Crippen LogP contribution in [-0.4, -0.2) is 27.6 Å². The van der Waals surface area contributed by atoms with E-state index in [2.05, 4.69) is 58.9 Å². The van der Waals surface area contributed by atoms with Crippen LogP contribution in [0.3, 0.4) is 0 Å². The molecule has 1 amide bonds. The molecule has 2 aromatic carbocycles. The molecule has 0 aliphatic carbocycles. The third-order valence-corrected chi connectivity index (χ3v) is 7.02. The van der Waals surface area contributed by atoms with Crippen molar-refractivity contribution < 1.29 is 4.79 Å². The van der Waals surface area contributed by atoms with Gasteiger partial charge in [0.1, 0.15) is 4.53 Å². The van der Waals surface area contributed by atoms with Gasteiger partial charge in [0, 0.05) is 22.6 Å². The van der Waals surface area contributed by atoms with Crippen LogP contribution in [0.25, 0.3) is 21.9 Å². The molecule has 0 fully saturated rings. The Hall–Kier alpha value is -2.84. The fourth-order valence-corrected chi connectivity index (χ4v) is 5.10. The van der Waals surface area contributed by atoms with E-state index in [1.807, 2.05) is 30.3 Å². The highest BCUT2D eigenvalue weighted by atomic mass is 79.9. The zero-order valence-electron chi connectivity index (χ0n) is 17.4. The van der Waals surface area contributed by atoms with Crippen LogP contribution in [0.2, 0.25) is 0 Å². The number of halogens is 1. The zero-order valence-corrected chi connectivity index (χ0v) is 19.8. The Balaban J connectivity index is 1.66. The summed E-state index contributed by atoms with van der Waals surface area (Å²) in [7, 11) is 1.71. The molecular weight excluding hydrogens is 476 g/mol. The number of amides is 1. The standard InChI is InChI=1S/C23H19BrN4O2S/c1-23(2,3)13-7-5-12(6-8-13)19-25-22-28(26-19)21(30)18(31-22)17-15-11-14(24)9-10-16(15)27(4)20(17)29/h5-11H,1-4H3/b18-17-. The second kappa shape index (κ2) is 6.83. The fraction of sp³-hybridized carbons (Fsp3) is 0.217. The smallest absolute Gasteiger partial charge is 0.291 e. The zero-order chi connectivity index (χ0) is 22.1. The molecule has 0 unspecified atom stereocenters. The van der Waals surface area contributed by atoms with Crippen molar-refractivity contribution in [2.24, 2.45) is 0 Å². The summed E-state index contributed by atoms with van der Waals surface area (Å²) >= 11 is 4.65. The quantitative estimate of drug-likeness (QED) is 0.403. The molecular formula is C23H19BrN4O2S. The van der Waals surface area contributed by atoms with E-state index in [0.29, 0.717) is 20.9 Å². The Bertz CT molecular complexity index is 1480. The van der Waals surface area contributed by atoms with Crippen molar-refractivity contribution in [3.8, 4) is 11.4 Å². The van der Waals surface area contributed by atoms with Crippen molar-refractivity contribution in [2.45, 2.75) is 26.2 Å². The summed E-state index contributed by atoms with van der Waals surface area (Å²) in [6.07, 6.45) is 0. The molecule has 156 valence electrons. The number of carbonyl (C=O) groups is 1. The summed E-state index contributed by atoms with van der Waals surface area (Å²) < 4.78 is 2.50. The van der Waals surface area contributed by atoms with Crippen LogP contribution < -0.4 is 15.0 Å². The maximum atomic E-state index is 13.2. The van der Waals surface area contributed by atoms with E-state index in [1.165, 1.54) is 21.4 Å². The maximum absolute atomic E-state index is 13.2. The van der Waals surface area contributed by atoms with Crippen molar-refractivity contribution in [2.75, 3.05) is 11.9 Å². The molecule has 0 bridgehead atoms. The monoisotopic (exact) mass is 494 g/mol. The number of carbonyl (C=O) groups excluding carboxylic acids is 1. The van der Waals surface area contributed by atoms with E-state index >= 15 is 0 Å². The van der Waals surface area contributed by atoms with E-state index in [9.17, 15) is 9.59 Å². The fourth-order valence-electron chi connectivity index (χ4n) is 3.74. The van der Waals surface area contributed by atoms with Crippen LogP contribution in [-0.2, 0) is 10.2 Å². The lowest BCUT2D eigenvalue weighted by Gasteiger charge is -2.18. The van der Waals surface area contributed by atoms with Gasteiger partial charge in [0.2, 0.25) is 4.96 Å². The topological polar surface area (TPSA) is 67.6 Å². The Labute approximate surface area is 191 Å². The number of aromatic nitrogens is 3. The van der Waals surface area contributed by atoms with Crippen LogP contribution in [0.5, 0.6) is 0 Å². The first-order valence-corrected chi connectivity index (χ1v) is 11.4. The molecule has 4 aromatic rings. The van der Waals surface area contributed by atoms with Gasteiger partial charge in [-0.05, 0) is 29.2 Å². The number of benzene rings is 2. The van der Waals surface area contributed by atoms with Crippen LogP contribution in [0.1, 0.15) is 31.9 Å². The summed E-state index contributed by atoms with van der Waals surface area (Å²) in [5.74, 6) is 0.297. The summed E-state index contributed by atoms with van der Waals surface area (Å²) in [5.41, 5.74) is 3.72. The maximum Gasteiger partial charge on any atom is 0.291 e. The molecule has 0 atom stereocenters. The predicted molar refractivity (Wildman–Crippen MR) is 127 cm³/mol. The number of anilines is 1. The Kier molecular flexibility index (Phi) is 4.43. The van der Waals surface area contributed by atoms with Crippen molar-refractivity contribution in [3.05, 3.63) is 73.0 Å². The number of rotatable bonds is 1. The number of fused-ring (bicyclic) bond motifs is 2. The van der Waals surface area contributed by atoms with Gasteiger partial charge in [0.05, 0.1) is 11.3 Å². The molecule has 31 heavy (non-hydrogen) atoms. The minimum absolute atomic E-state index is 0.0566. The largest absolute Gasteiger partial charge is 0.311 e. The van der Waals surface area contributed by atoms with Crippen molar-refractivity contribution in [1.82, 2.24) is 14.6 Å². The van der Waals surface area contributed by atoms with E-state index in [1.54, 1.807) is 11.9 Å².